The smallest absolute Gasteiger partial charge is 0.269 e. The maximum absolute atomic E-state index is 12.3. The molecule has 2 aromatic rings. The van der Waals surface area contributed by atoms with Crippen LogP contribution in [0.1, 0.15) is 24.0 Å². The molecule has 2 aromatic carbocycles. The molecule has 8 heteroatoms. The van der Waals surface area contributed by atoms with Gasteiger partial charge in [0.05, 0.1) is 11.0 Å². The van der Waals surface area contributed by atoms with Crippen LogP contribution in [-0.2, 0) is 17.9 Å². The fourth-order valence-corrected chi connectivity index (χ4v) is 3.10. The Morgan fingerprint density at radius 2 is 1.81 bits per heavy atom. The molecule has 0 saturated carbocycles. The average Bonchev–Trinajstić information content (AvgIpc) is 3.02. The summed E-state index contributed by atoms with van der Waals surface area (Å²) in [6.45, 7) is 0.808. The maximum Gasteiger partial charge on any atom is 0.269 e. The van der Waals surface area contributed by atoms with Crippen molar-refractivity contribution in [3.8, 4) is 0 Å². The van der Waals surface area contributed by atoms with E-state index in [-0.39, 0.29) is 17.6 Å². The van der Waals surface area contributed by atoms with Gasteiger partial charge < -0.3 is 16.0 Å². The number of non-ortho nitro benzene ring substituents is 1. The number of hydrogen-bond acceptors (Lipinski definition) is 5. The Labute approximate surface area is 156 Å². The molecular weight excluding hydrogens is 346 g/mol. The fraction of sp³-hybridized carbons (Fsp3) is 0.263. The SMILES string of the molecule is N=C(NCc1ccc(N)cc1)C1CCC(=O)N1Cc1ccc([N+](=O)[O-])cc1. The van der Waals surface area contributed by atoms with Crippen molar-refractivity contribution in [3.05, 3.63) is 69.8 Å². The van der Waals surface area contributed by atoms with E-state index in [1.54, 1.807) is 29.2 Å². The molecule has 1 amide bonds. The topological polar surface area (TPSA) is 125 Å². The van der Waals surface area contributed by atoms with Gasteiger partial charge in [-0.25, -0.2) is 0 Å². The summed E-state index contributed by atoms with van der Waals surface area (Å²) in [6.07, 6.45) is 0.975. The third-order valence-corrected chi connectivity index (χ3v) is 4.62. The van der Waals surface area contributed by atoms with Gasteiger partial charge in [0.2, 0.25) is 5.91 Å². The number of amidine groups is 1. The lowest BCUT2D eigenvalue weighted by molar-refractivity contribution is -0.384. The Balaban J connectivity index is 1.63. The first-order chi connectivity index (χ1) is 12.9. The average molecular weight is 367 g/mol. The Morgan fingerprint density at radius 1 is 1.19 bits per heavy atom. The Bertz CT molecular complexity index is 849. The number of anilines is 1. The number of benzene rings is 2. The highest BCUT2D eigenvalue weighted by Crippen LogP contribution is 2.23. The van der Waals surface area contributed by atoms with Gasteiger partial charge in [0.15, 0.2) is 0 Å². The van der Waals surface area contributed by atoms with Crippen molar-refractivity contribution in [3.63, 3.8) is 0 Å². The molecule has 140 valence electrons. The van der Waals surface area contributed by atoms with Gasteiger partial charge in [-0.3, -0.25) is 20.3 Å². The zero-order valence-electron chi connectivity index (χ0n) is 14.7. The minimum atomic E-state index is -0.454. The number of nitro benzene ring substituents is 1. The number of nitrogen functional groups attached to an aromatic ring is 1. The number of nitrogens with zero attached hydrogens (tertiary/aromatic N) is 2. The van der Waals surface area contributed by atoms with E-state index in [1.165, 1.54) is 12.1 Å². The molecule has 0 radical (unpaired) electrons. The van der Waals surface area contributed by atoms with Crippen LogP contribution in [0, 0.1) is 15.5 Å². The number of hydrogen-bond donors (Lipinski definition) is 3. The molecule has 0 spiro atoms. The van der Waals surface area contributed by atoms with Crippen LogP contribution < -0.4 is 11.1 Å². The molecule has 1 aliphatic heterocycles. The van der Waals surface area contributed by atoms with Crippen LogP contribution in [-0.4, -0.2) is 27.6 Å². The zero-order valence-corrected chi connectivity index (χ0v) is 14.7. The molecule has 1 unspecified atom stereocenters. The molecule has 1 fully saturated rings. The second-order valence-corrected chi connectivity index (χ2v) is 6.51. The molecule has 0 aromatic heterocycles. The van der Waals surface area contributed by atoms with Gasteiger partial charge >= 0.3 is 0 Å². The minimum Gasteiger partial charge on any atom is -0.399 e. The summed E-state index contributed by atoms with van der Waals surface area (Å²) >= 11 is 0. The van der Waals surface area contributed by atoms with Crippen LogP contribution in [0.25, 0.3) is 0 Å². The van der Waals surface area contributed by atoms with E-state index in [0.29, 0.717) is 37.5 Å². The summed E-state index contributed by atoms with van der Waals surface area (Å²) < 4.78 is 0. The van der Waals surface area contributed by atoms with Crippen LogP contribution in [0.2, 0.25) is 0 Å². The first-order valence-corrected chi connectivity index (χ1v) is 8.63. The van der Waals surface area contributed by atoms with Crippen molar-refractivity contribution in [2.24, 2.45) is 0 Å². The van der Waals surface area contributed by atoms with Gasteiger partial charge in [-0.2, -0.15) is 0 Å². The van der Waals surface area contributed by atoms with E-state index in [4.69, 9.17) is 11.1 Å². The second kappa shape index (κ2) is 7.86. The third-order valence-electron chi connectivity index (χ3n) is 4.62. The van der Waals surface area contributed by atoms with Gasteiger partial charge in [-0.15, -0.1) is 0 Å². The van der Waals surface area contributed by atoms with E-state index >= 15 is 0 Å². The van der Waals surface area contributed by atoms with Gasteiger partial charge in [-0.05, 0) is 29.7 Å². The minimum absolute atomic E-state index is 0.0148. The molecule has 0 bridgehead atoms. The highest BCUT2D eigenvalue weighted by molar-refractivity contribution is 5.92. The second-order valence-electron chi connectivity index (χ2n) is 6.51. The summed E-state index contributed by atoms with van der Waals surface area (Å²) in [5.74, 6) is 0.275. The molecule has 4 N–H and O–H groups in total. The first-order valence-electron chi connectivity index (χ1n) is 8.63. The number of carbonyl (C=O) groups is 1. The van der Waals surface area contributed by atoms with E-state index in [2.05, 4.69) is 5.32 Å². The van der Waals surface area contributed by atoms with Gasteiger partial charge in [-0.1, -0.05) is 24.3 Å². The van der Waals surface area contributed by atoms with Gasteiger partial charge in [0.1, 0.15) is 5.84 Å². The number of rotatable bonds is 6. The largest absolute Gasteiger partial charge is 0.399 e. The third kappa shape index (κ3) is 4.41. The Kier molecular flexibility index (Phi) is 5.35. The van der Waals surface area contributed by atoms with E-state index in [0.717, 1.165) is 11.1 Å². The van der Waals surface area contributed by atoms with Crippen LogP contribution >= 0.6 is 0 Å². The molecule has 1 saturated heterocycles. The number of nitrogens with two attached hydrogens (primary N) is 1. The molecule has 27 heavy (non-hydrogen) atoms. The standard InChI is InChI=1S/C19H21N5O3/c20-15-5-1-13(2-6-15)11-22-19(21)17-9-10-18(25)23(17)12-14-3-7-16(8-4-14)24(26)27/h1-8,17H,9-12,20H2,(H2,21,22). The van der Waals surface area contributed by atoms with Gasteiger partial charge in [0, 0.05) is 37.3 Å². The Morgan fingerprint density at radius 3 is 2.44 bits per heavy atom. The van der Waals surface area contributed by atoms with Gasteiger partial charge in [0.25, 0.3) is 5.69 Å². The summed E-state index contributed by atoms with van der Waals surface area (Å²) in [5.41, 5.74) is 8.17. The highest BCUT2D eigenvalue weighted by Gasteiger charge is 2.33. The normalized spacial score (nSPS) is 16.4. The van der Waals surface area contributed by atoms with Crippen molar-refractivity contribution < 1.29 is 9.72 Å². The monoisotopic (exact) mass is 367 g/mol. The summed E-state index contributed by atoms with van der Waals surface area (Å²) in [5, 5.41) is 22.2. The molecule has 1 aliphatic rings. The quantitative estimate of drug-likeness (QED) is 0.238. The van der Waals surface area contributed by atoms with E-state index in [9.17, 15) is 14.9 Å². The first kappa shape index (κ1) is 18.4. The lowest BCUT2D eigenvalue weighted by Gasteiger charge is -2.26. The van der Waals surface area contributed by atoms with Crippen molar-refractivity contribution in [2.75, 3.05) is 5.73 Å². The van der Waals surface area contributed by atoms with Crippen LogP contribution in [0.5, 0.6) is 0 Å². The summed E-state index contributed by atoms with van der Waals surface area (Å²) in [4.78, 5) is 24.2. The maximum atomic E-state index is 12.3. The zero-order chi connectivity index (χ0) is 19.4. The van der Waals surface area contributed by atoms with Crippen LogP contribution in [0.15, 0.2) is 48.5 Å². The number of carbonyl (C=O) groups excluding carboxylic acids is 1. The number of amides is 1. The molecule has 3 rings (SSSR count). The number of likely N-dealkylation sites (tertiary alicyclic amines) is 1. The molecule has 1 atom stereocenters. The molecule has 8 nitrogen and oxygen atoms in total. The predicted octanol–water partition coefficient (Wildman–Crippen LogP) is 2.44. The van der Waals surface area contributed by atoms with E-state index < -0.39 is 4.92 Å². The lowest BCUT2D eigenvalue weighted by Crippen LogP contribution is -2.43. The van der Waals surface area contributed by atoms with E-state index in [1.807, 2.05) is 12.1 Å². The van der Waals surface area contributed by atoms with Crippen molar-refractivity contribution in [1.82, 2.24) is 10.2 Å². The van der Waals surface area contributed by atoms with Crippen molar-refractivity contribution in [1.29, 1.82) is 5.41 Å². The Hall–Kier alpha value is -3.42. The molecule has 0 aliphatic carbocycles. The lowest BCUT2D eigenvalue weighted by atomic mass is 10.1. The van der Waals surface area contributed by atoms with Crippen molar-refractivity contribution in [2.45, 2.75) is 32.0 Å². The fourth-order valence-electron chi connectivity index (χ4n) is 3.10. The van der Waals surface area contributed by atoms with Crippen LogP contribution in [0.4, 0.5) is 11.4 Å². The number of nitro groups is 1. The highest BCUT2D eigenvalue weighted by atomic mass is 16.6. The number of nitrogens with one attached hydrogen (secondary N) is 2. The summed E-state index contributed by atoms with van der Waals surface area (Å²) in [6, 6.07) is 13.2. The van der Waals surface area contributed by atoms with Crippen molar-refractivity contribution >= 4 is 23.1 Å². The molecular formula is C19H21N5O3. The summed E-state index contributed by atoms with van der Waals surface area (Å²) in [7, 11) is 0. The van der Waals surface area contributed by atoms with Crippen LogP contribution in [0.3, 0.4) is 0 Å². The predicted molar refractivity (Wildman–Crippen MR) is 102 cm³/mol. The molecule has 1 heterocycles.